The maximum absolute atomic E-state index is 14.5. The quantitative estimate of drug-likeness (QED) is 0.336. The molecule has 0 aromatic carbocycles. The second-order valence-electron chi connectivity index (χ2n) is 8.38. The van der Waals surface area contributed by atoms with Gasteiger partial charge in [-0.25, -0.2) is 13.2 Å². The van der Waals surface area contributed by atoms with Crippen LogP contribution in [0, 0.1) is 0 Å². The highest BCUT2D eigenvalue weighted by atomic mass is 19.2. The predicted molar refractivity (Wildman–Crippen MR) is 137 cm³/mol. The zero-order valence-corrected chi connectivity index (χ0v) is 21.4. The Balaban J connectivity index is 1.90. The summed E-state index contributed by atoms with van der Waals surface area (Å²) in [6.07, 6.45) is 5.62. The fourth-order valence-corrected chi connectivity index (χ4v) is 3.22. The smallest absolute Gasteiger partial charge is 0.315 e. The van der Waals surface area contributed by atoms with Gasteiger partial charge in [-0.05, 0) is 46.3 Å². The summed E-state index contributed by atoms with van der Waals surface area (Å²) in [6, 6.07) is 0.299. The number of aromatic nitrogens is 2. The fourth-order valence-electron chi connectivity index (χ4n) is 3.22. The van der Waals surface area contributed by atoms with Crippen molar-refractivity contribution in [2.45, 2.75) is 40.3 Å². The molecule has 1 aromatic heterocycles. The average Bonchev–Trinajstić information content (AvgIpc) is 3.34. The summed E-state index contributed by atoms with van der Waals surface area (Å²) in [7, 11) is 0. The zero-order valence-electron chi connectivity index (χ0n) is 21.4. The van der Waals surface area contributed by atoms with E-state index in [2.05, 4.69) is 32.3 Å². The molecule has 0 spiro atoms. The number of allylic oxidation sites excluding steroid dienone is 10. The molecule has 0 bridgehead atoms. The molecule has 0 saturated carbocycles. The molecule has 10 heteroatoms. The van der Waals surface area contributed by atoms with Crippen LogP contribution in [-0.2, 0) is 4.74 Å². The van der Waals surface area contributed by atoms with Gasteiger partial charge in [0.2, 0.25) is 5.89 Å². The highest BCUT2D eigenvalue weighted by Gasteiger charge is 2.14. The number of nitrogens with zero attached hydrogens (tertiary/aromatic N) is 3. The summed E-state index contributed by atoms with van der Waals surface area (Å²) in [6.45, 7) is 14.8. The van der Waals surface area contributed by atoms with Crippen molar-refractivity contribution in [3.05, 3.63) is 71.5 Å². The van der Waals surface area contributed by atoms with Gasteiger partial charge in [0.25, 0.3) is 0 Å². The Kier molecular flexibility index (Phi) is 12.2. The summed E-state index contributed by atoms with van der Waals surface area (Å²) in [4.78, 5) is 2.28. The highest BCUT2D eigenvalue weighted by Crippen LogP contribution is 2.21. The summed E-state index contributed by atoms with van der Waals surface area (Å²) in [5.74, 6) is -1.86. The first-order valence-electron chi connectivity index (χ1n) is 11.9. The molecular weight excluding hydrogens is 471 g/mol. The van der Waals surface area contributed by atoms with Crippen molar-refractivity contribution in [3.63, 3.8) is 0 Å². The Morgan fingerprint density at radius 2 is 1.89 bits per heavy atom. The molecule has 1 fully saturated rings. The van der Waals surface area contributed by atoms with Gasteiger partial charge in [0, 0.05) is 37.4 Å². The zero-order chi connectivity index (χ0) is 26.5. The molecule has 7 nitrogen and oxygen atoms in total. The van der Waals surface area contributed by atoms with Crippen molar-refractivity contribution in [2.24, 2.45) is 0 Å². The Hall–Kier alpha value is -3.11. The van der Waals surface area contributed by atoms with Crippen molar-refractivity contribution >= 4 is 11.6 Å². The lowest BCUT2D eigenvalue weighted by atomic mass is 10.2. The van der Waals surface area contributed by atoms with Crippen LogP contribution in [0.5, 0.6) is 0 Å². The van der Waals surface area contributed by atoms with Gasteiger partial charge in [-0.2, -0.15) is 0 Å². The largest absolute Gasteiger partial charge is 0.404 e. The molecule has 36 heavy (non-hydrogen) atoms. The SMILES string of the molecule is C=C(C)C=CC(F)/C(=C\C)N/C(C)=C(F)/C(F)=C\C/C=C(\C)c1nnc(NCCN2CCOCC2)o1. The van der Waals surface area contributed by atoms with Gasteiger partial charge in [0.05, 0.1) is 18.9 Å². The van der Waals surface area contributed by atoms with E-state index in [1.54, 1.807) is 26.8 Å². The van der Waals surface area contributed by atoms with Gasteiger partial charge in [0.1, 0.15) is 0 Å². The molecule has 1 saturated heterocycles. The number of alkyl halides is 1. The van der Waals surface area contributed by atoms with Crippen molar-refractivity contribution in [1.82, 2.24) is 20.4 Å². The van der Waals surface area contributed by atoms with Crippen molar-refractivity contribution in [3.8, 4) is 0 Å². The minimum atomic E-state index is -1.50. The molecule has 1 atom stereocenters. The van der Waals surface area contributed by atoms with Gasteiger partial charge in [-0.15, -0.1) is 5.10 Å². The summed E-state index contributed by atoms with van der Waals surface area (Å²) < 4.78 is 54.1. The fraction of sp³-hybridized carbons (Fsp3) is 0.462. The van der Waals surface area contributed by atoms with Crippen LogP contribution in [0.2, 0.25) is 0 Å². The van der Waals surface area contributed by atoms with Crippen molar-refractivity contribution < 1.29 is 22.3 Å². The van der Waals surface area contributed by atoms with Gasteiger partial charge < -0.3 is 19.8 Å². The van der Waals surface area contributed by atoms with Gasteiger partial charge in [0.15, 0.2) is 17.8 Å². The highest BCUT2D eigenvalue weighted by molar-refractivity contribution is 5.56. The molecule has 1 unspecified atom stereocenters. The maximum Gasteiger partial charge on any atom is 0.315 e. The summed E-state index contributed by atoms with van der Waals surface area (Å²) in [5.41, 5.74) is 1.29. The van der Waals surface area contributed by atoms with Crippen LogP contribution in [0.1, 0.15) is 40.0 Å². The van der Waals surface area contributed by atoms with Crippen LogP contribution in [-0.4, -0.2) is 60.7 Å². The van der Waals surface area contributed by atoms with Crippen molar-refractivity contribution in [1.29, 1.82) is 0 Å². The molecule has 1 aliphatic heterocycles. The Labute approximate surface area is 211 Å². The Morgan fingerprint density at radius 1 is 1.17 bits per heavy atom. The maximum atomic E-state index is 14.5. The van der Waals surface area contributed by atoms with E-state index >= 15 is 0 Å². The molecule has 1 aromatic rings. The Bertz CT molecular complexity index is 1020. The predicted octanol–water partition coefficient (Wildman–Crippen LogP) is 5.63. The second kappa shape index (κ2) is 15.1. The molecule has 2 N–H and O–H groups in total. The van der Waals surface area contributed by atoms with Crippen LogP contribution < -0.4 is 10.6 Å². The lowest BCUT2D eigenvalue weighted by molar-refractivity contribution is 0.0398. The minimum absolute atomic E-state index is 0.101. The second-order valence-corrected chi connectivity index (χ2v) is 8.38. The number of halogens is 3. The van der Waals surface area contributed by atoms with Crippen LogP contribution in [0.25, 0.3) is 5.57 Å². The minimum Gasteiger partial charge on any atom is -0.404 e. The number of rotatable bonds is 13. The first-order chi connectivity index (χ1) is 17.2. The topological polar surface area (TPSA) is 75.5 Å². The third kappa shape index (κ3) is 9.87. The van der Waals surface area contributed by atoms with Gasteiger partial charge in [-0.3, -0.25) is 4.90 Å². The van der Waals surface area contributed by atoms with Crippen molar-refractivity contribution in [2.75, 3.05) is 44.7 Å². The number of hydrogen-bond acceptors (Lipinski definition) is 7. The van der Waals surface area contributed by atoms with Gasteiger partial charge in [-0.1, -0.05) is 35.5 Å². The Morgan fingerprint density at radius 3 is 2.56 bits per heavy atom. The number of nitrogens with one attached hydrogen (secondary N) is 2. The lowest BCUT2D eigenvalue weighted by Gasteiger charge is -2.26. The normalized spacial score (nSPS) is 17.8. The molecule has 0 aliphatic carbocycles. The summed E-state index contributed by atoms with van der Waals surface area (Å²) >= 11 is 0. The standard InChI is InChI=1S/C26H36F3N5O2/c1-6-23(21(27)11-10-18(2)3)31-20(5)24(29)22(28)9-7-8-19(4)25-32-33-26(36-25)30-12-13-34-14-16-35-17-15-34/h6,8-11,21,31H,2,7,12-17H2,1,3-5H3,(H,30,33)/b11-10?,19-8+,22-9+,23-6+,24-20-. The molecule has 2 rings (SSSR count). The molecule has 2 heterocycles. The van der Waals surface area contributed by atoms with Gasteiger partial charge >= 0.3 is 6.01 Å². The van der Waals surface area contributed by atoms with E-state index in [4.69, 9.17) is 9.15 Å². The molecule has 0 radical (unpaired) electrons. The third-order valence-electron chi connectivity index (χ3n) is 5.32. The van der Waals surface area contributed by atoms with E-state index in [-0.39, 0.29) is 17.8 Å². The average molecular weight is 508 g/mol. The number of morpholine rings is 1. The van der Waals surface area contributed by atoms with Crippen LogP contribution in [0.15, 0.2) is 70.0 Å². The van der Waals surface area contributed by atoms with Crippen LogP contribution in [0.4, 0.5) is 19.2 Å². The molecule has 0 amide bonds. The number of hydrogen-bond donors (Lipinski definition) is 2. The molecule has 198 valence electrons. The van der Waals surface area contributed by atoms with E-state index in [9.17, 15) is 13.2 Å². The first-order valence-corrected chi connectivity index (χ1v) is 11.9. The van der Waals surface area contributed by atoms with Crippen LogP contribution in [0.3, 0.4) is 0 Å². The van der Waals surface area contributed by atoms with E-state index in [0.29, 0.717) is 29.6 Å². The van der Waals surface area contributed by atoms with E-state index in [1.165, 1.54) is 25.2 Å². The third-order valence-corrected chi connectivity index (χ3v) is 5.32. The summed E-state index contributed by atoms with van der Waals surface area (Å²) in [5, 5.41) is 13.6. The molecule has 1 aliphatic rings. The van der Waals surface area contributed by atoms with E-state index in [0.717, 1.165) is 38.9 Å². The number of ether oxygens (including phenoxy) is 1. The van der Waals surface area contributed by atoms with E-state index < -0.39 is 17.8 Å². The molecular formula is C26H36F3N5O2. The first kappa shape index (κ1) is 29.1. The van der Waals surface area contributed by atoms with Crippen LogP contribution >= 0.6 is 0 Å². The number of anilines is 1. The monoisotopic (exact) mass is 507 g/mol. The van der Waals surface area contributed by atoms with E-state index in [1.807, 2.05) is 0 Å². The lowest BCUT2D eigenvalue weighted by Crippen LogP contribution is -2.39.